The first-order valence-electron chi connectivity index (χ1n) is 18.1. The van der Waals surface area contributed by atoms with Crippen molar-refractivity contribution in [1.82, 2.24) is 0 Å². The van der Waals surface area contributed by atoms with Crippen LogP contribution in [0.25, 0.3) is 22.3 Å². The first kappa shape index (κ1) is 31.4. The molecule has 0 amide bonds. The van der Waals surface area contributed by atoms with Crippen LogP contribution in [0.4, 0.5) is 0 Å². The van der Waals surface area contributed by atoms with Gasteiger partial charge in [-0.2, -0.15) is 0 Å². The average Bonchev–Trinajstić information content (AvgIpc) is 3.70. The predicted octanol–water partition coefficient (Wildman–Crippen LogP) is 12.8. The average molecular weight is 645 g/mol. The predicted molar refractivity (Wildman–Crippen MR) is 207 cm³/mol. The Labute approximate surface area is 277 Å². The van der Waals surface area contributed by atoms with Crippen molar-refractivity contribution in [3.8, 4) is 0 Å². The van der Waals surface area contributed by atoms with Crippen molar-refractivity contribution < 1.29 is 0 Å². The van der Waals surface area contributed by atoms with Gasteiger partial charge >= 0.3 is 0 Å². The lowest BCUT2D eigenvalue weighted by atomic mass is 10.0. The maximum atomic E-state index is 2.64. The van der Waals surface area contributed by atoms with Gasteiger partial charge in [-0.15, -0.1) is 0 Å². The standard InChI is InChI=1S/C42H56Si3/c1-23(2)43(24(3)4)37-29(13)31-19-15-17-21-33(31)35(37)39-41(43)42-40(45(39,27(9)10)28(11)12)36-34-22-18-16-20-32(34)30(14)38(36)44(42,25(5)6)26(7)8/h15-28H,1-14H3. The molecule has 0 aromatic heterocycles. The first-order valence-corrected chi connectivity index (χ1v) is 24.5. The van der Waals surface area contributed by atoms with Gasteiger partial charge in [0, 0.05) is 0 Å². The minimum Gasteiger partial charge on any atom is -0.0645 e. The Hall–Kier alpha value is -2.21. The molecule has 3 heteroatoms. The maximum Gasteiger partial charge on any atom is 0.124 e. The molecule has 0 fully saturated rings. The molecule has 0 saturated carbocycles. The molecule has 3 aliphatic heterocycles. The van der Waals surface area contributed by atoms with Crippen LogP contribution in [0.15, 0.2) is 79.7 Å². The van der Waals surface area contributed by atoms with E-state index in [9.17, 15) is 0 Å². The lowest BCUT2D eigenvalue weighted by Crippen LogP contribution is -2.49. The van der Waals surface area contributed by atoms with E-state index in [1.165, 1.54) is 11.1 Å². The fourth-order valence-corrected chi connectivity index (χ4v) is 35.9. The van der Waals surface area contributed by atoms with Crippen LogP contribution in [0.2, 0.25) is 33.2 Å². The summed E-state index contributed by atoms with van der Waals surface area (Å²) in [6.07, 6.45) is 0. The van der Waals surface area contributed by atoms with Gasteiger partial charge in [-0.25, -0.2) is 0 Å². The van der Waals surface area contributed by atoms with Gasteiger partial charge in [0.2, 0.25) is 0 Å². The molecule has 2 aliphatic carbocycles. The van der Waals surface area contributed by atoms with E-state index >= 15 is 0 Å². The van der Waals surface area contributed by atoms with Crippen molar-refractivity contribution in [1.29, 1.82) is 0 Å². The summed E-state index contributed by atoms with van der Waals surface area (Å²) in [7, 11) is -6.73. The number of allylic oxidation sites excluding steroid dienone is 10. The van der Waals surface area contributed by atoms with Gasteiger partial charge in [-0.05, 0) is 112 Å². The molecule has 0 N–H and O–H groups in total. The summed E-state index contributed by atoms with van der Waals surface area (Å²) in [5, 5.41) is 11.6. The van der Waals surface area contributed by atoms with Crippen molar-refractivity contribution in [3.63, 3.8) is 0 Å². The fraction of sp³-hybridized carbons (Fsp3) is 0.476. The molecule has 0 bridgehead atoms. The molecule has 0 atom stereocenters. The molecule has 5 aliphatic rings. The van der Waals surface area contributed by atoms with Crippen LogP contribution in [0, 0.1) is 0 Å². The molecule has 2 aromatic carbocycles. The Morgan fingerprint density at radius 2 is 0.578 bits per heavy atom. The Morgan fingerprint density at radius 1 is 0.333 bits per heavy atom. The fourth-order valence-electron chi connectivity index (χ4n) is 12.5. The van der Waals surface area contributed by atoms with Gasteiger partial charge in [-0.3, -0.25) is 0 Å². The van der Waals surface area contributed by atoms with Crippen molar-refractivity contribution >= 4 is 46.5 Å². The molecular weight excluding hydrogens is 589 g/mol. The van der Waals surface area contributed by atoms with Gasteiger partial charge in [0.25, 0.3) is 0 Å². The molecule has 2 aromatic rings. The summed E-state index contributed by atoms with van der Waals surface area (Å²) in [4.78, 5) is 0. The third-order valence-corrected chi connectivity index (χ3v) is 33.5. The Balaban J connectivity index is 1.84. The second-order valence-corrected chi connectivity index (χ2v) is 32.0. The topological polar surface area (TPSA) is 0 Å². The molecule has 45 heavy (non-hydrogen) atoms. The SMILES string of the molecule is CC1=C2C(=C3C(=C4C(=C5C(=C(C)c6ccccc65)[Si]4(C(C)C)C(C)C)[Si]3(C(C)C)C(C)C)[Si]2(C(C)C)C(C)C)c2ccccc21. The molecular formula is C42H56Si3. The molecule has 0 unspecified atom stereocenters. The molecule has 7 rings (SSSR count). The Morgan fingerprint density at radius 3 is 0.844 bits per heavy atom. The van der Waals surface area contributed by atoms with E-state index in [0.29, 0.717) is 33.2 Å². The van der Waals surface area contributed by atoms with E-state index in [2.05, 4.69) is 145 Å². The summed E-state index contributed by atoms with van der Waals surface area (Å²) in [6, 6.07) is 19.1. The number of rotatable bonds is 6. The highest BCUT2D eigenvalue weighted by Crippen LogP contribution is 2.76. The minimum absolute atomic E-state index is 0.631. The summed E-state index contributed by atoms with van der Waals surface area (Å²) in [5.74, 6) is 0. The lowest BCUT2D eigenvalue weighted by molar-refractivity contribution is 0.908. The van der Waals surface area contributed by atoms with Crippen LogP contribution in [-0.4, -0.2) is 24.2 Å². The summed E-state index contributed by atoms with van der Waals surface area (Å²) in [6.45, 7) is 36.6. The van der Waals surface area contributed by atoms with Crippen LogP contribution < -0.4 is 0 Å². The molecule has 0 nitrogen and oxygen atoms in total. The van der Waals surface area contributed by atoms with E-state index < -0.39 is 24.2 Å². The smallest absolute Gasteiger partial charge is 0.0645 e. The highest BCUT2D eigenvalue weighted by molar-refractivity contribution is 7.16. The van der Waals surface area contributed by atoms with Crippen LogP contribution in [0.1, 0.15) is 119 Å². The molecule has 3 heterocycles. The molecule has 0 saturated heterocycles. The van der Waals surface area contributed by atoms with Crippen molar-refractivity contribution in [3.05, 3.63) is 102 Å². The minimum atomic E-state index is -2.29. The monoisotopic (exact) mass is 644 g/mol. The summed E-state index contributed by atoms with van der Waals surface area (Å²) >= 11 is 0. The number of hydrogen-bond donors (Lipinski definition) is 0. The third-order valence-electron chi connectivity index (χ3n) is 13.6. The van der Waals surface area contributed by atoms with E-state index in [1.807, 2.05) is 31.2 Å². The maximum absolute atomic E-state index is 2.64. The largest absolute Gasteiger partial charge is 0.124 e. The van der Waals surface area contributed by atoms with Crippen molar-refractivity contribution in [2.24, 2.45) is 0 Å². The lowest BCUT2D eigenvalue weighted by Gasteiger charge is -2.45. The van der Waals surface area contributed by atoms with Crippen LogP contribution in [0.5, 0.6) is 0 Å². The summed E-state index contributed by atoms with van der Waals surface area (Å²) < 4.78 is 0. The van der Waals surface area contributed by atoms with Gasteiger partial charge in [0.15, 0.2) is 0 Å². The zero-order valence-electron chi connectivity index (χ0n) is 30.6. The number of hydrogen-bond acceptors (Lipinski definition) is 0. The zero-order valence-corrected chi connectivity index (χ0v) is 33.6. The second kappa shape index (κ2) is 9.90. The van der Waals surface area contributed by atoms with Crippen LogP contribution >= 0.6 is 0 Å². The summed E-state index contributed by atoms with van der Waals surface area (Å²) in [5.41, 5.74) is 16.8. The normalized spacial score (nSPS) is 22.0. The Kier molecular flexibility index (Phi) is 6.91. The van der Waals surface area contributed by atoms with Crippen molar-refractivity contribution in [2.75, 3.05) is 0 Å². The Bertz CT molecular complexity index is 1680. The van der Waals surface area contributed by atoms with Gasteiger partial charge in [-0.1, -0.05) is 142 Å². The van der Waals surface area contributed by atoms with E-state index in [0.717, 1.165) is 0 Å². The van der Waals surface area contributed by atoms with E-state index in [-0.39, 0.29) is 0 Å². The van der Waals surface area contributed by atoms with E-state index in [4.69, 9.17) is 0 Å². The highest BCUT2D eigenvalue weighted by atomic mass is 28.3. The van der Waals surface area contributed by atoms with Crippen LogP contribution in [0.3, 0.4) is 0 Å². The second-order valence-electron chi connectivity index (χ2n) is 16.9. The van der Waals surface area contributed by atoms with E-state index in [1.54, 1.807) is 33.4 Å². The third kappa shape index (κ3) is 3.20. The highest BCUT2D eigenvalue weighted by Gasteiger charge is 2.72. The van der Waals surface area contributed by atoms with Gasteiger partial charge < -0.3 is 0 Å². The van der Waals surface area contributed by atoms with Gasteiger partial charge in [0.05, 0.1) is 0 Å². The van der Waals surface area contributed by atoms with Crippen molar-refractivity contribution in [2.45, 2.75) is 130 Å². The number of fused-ring (bicyclic) bond motifs is 8. The molecule has 236 valence electrons. The first-order chi connectivity index (χ1) is 21.2. The number of benzene rings is 2. The zero-order chi connectivity index (χ0) is 32.7. The molecule has 0 radical (unpaired) electrons. The molecule has 0 spiro atoms. The van der Waals surface area contributed by atoms with Gasteiger partial charge in [0.1, 0.15) is 24.2 Å². The van der Waals surface area contributed by atoms with Crippen LogP contribution in [-0.2, 0) is 0 Å². The quantitative estimate of drug-likeness (QED) is 0.274.